The molecule has 2 aromatic rings. The maximum atomic E-state index is 12.1. The number of carbonyl (C=O) groups is 1. The SMILES string of the molecule is Cc1ccc(C(=O)Nc2ccccc2I)cc1C. The molecule has 18 heavy (non-hydrogen) atoms. The van der Waals surface area contributed by atoms with Gasteiger partial charge in [-0.15, -0.1) is 0 Å². The van der Waals surface area contributed by atoms with E-state index in [0.717, 1.165) is 14.8 Å². The van der Waals surface area contributed by atoms with E-state index in [0.29, 0.717) is 5.56 Å². The molecule has 0 aliphatic heterocycles. The van der Waals surface area contributed by atoms with Gasteiger partial charge in [-0.2, -0.15) is 0 Å². The van der Waals surface area contributed by atoms with Crippen molar-refractivity contribution < 1.29 is 4.79 Å². The molecule has 92 valence electrons. The van der Waals surface area contributed by atoms with Gasteiger partial charge in [0.25, 0.3) is 5.91 Å². The van der Waals surface area contributed by atoms with E-state index in [9.17, 15) is 4.79 Å². The van der Waals surface area contributed by atoms with E-state index in [1.165, 1.54) is 5.56 Å². The Hall–Kier alpha value is -1.36. The molecule has 2 aromatic carbocycles. The average Bonchev–Trinajstić information content (AvgIpc) is 2.35. The molecule has 0 saturated carbocycles. The third-order valence-electron chi connectivity index (χ3n) is 2.89. The molecule has 0 spiro atoms. The third kappa shape index (κ3) is 2.90. The highest BCUT2D eigenvalue weighted by molar-refractivity contribution is 14.1. The van der Waals surface area contributed by atoms with Gasteiger partial charge in [0.1, 0.15) is 0 Å². The van der Waals surface area contributed by atoms with Crippen LogP contribution in [0.5, 0.6) is 0 Å². The van der Waals surface area contributed by atoms with Crippen LogP contribution in [0.3, 0.4) is 0 Å². The molecular formula is C15H14INO. The number of hydrogen-bond acceptors (Lipinski definition) is 1. The number of para-hydroxylation sites is 1. The van der Waals surface area contributed by atoms with Gasteiger partial charge >= 0.3 is 0 Å². The van der Waals surface area contributed by atoms with Crippen LogP contribution in [0.1, 0.15) is 21.5 Å². The highest BCUT2D eigenvalue weighted by Gasteiger charge is 2.08. The minimum Gasteiger partial charge on any atom is -0.321 e. The molecule has 0 atom stereocenters. The zero-order valence-electron chi connectivity index (χ0n) is 10.3. The predicted octanol–water partition coefficient (Wildman–Crippen LogP) is 4.16. The number of benzene rings is 2. The van der Waals surface area contributed by atoms with Crippen LogP contribution in [0.4, 0.5) is 5.69 Å². The first-order valence-electron chi connectivity index (χ1n) is 5.71. The number of carbonyl (C=O) groups excluding carboxylic acids is 1. The lowest BCUT2D eigenvalue weighted by Gasteiger charge is -2.08. The summed E-state index contributed by atoms with van der Waals surface area (Å²) in [7, 11) is 0. The van der Waals surface area contributed by atoms with E-state index in [1.54, 1.807) is 0 Å². The Labute approximate surface area is 121 Å². The first kappa shape index (κ1) is 13.1. The molecule has 0 saturated heterocycles. The van der Waals surface area contributed by atoms with Crippen LogP contribution in [0.2, 0.25) is 0 Å². The van der Waals surface area contributed by atoms with Crippen LogP contribution in [0.15, 0.2) is 42.5 Å². The second-order valence-corrected chi connectivity index (χ2v) is 5.40. The van der Waals surface area contributed by atoms with Gasteiger partial charge in [-0.05, 0) is 71.8 Å². The summed E-state index contributed by atoms with van der Waals surface area (Å²) in [5.74, 6) is -0.0674. The minimum absolute atomic E-state index is 0.0674. The van der Waals surface area contributed by atoms with Gasteiger partial charge in [0.15, 0.2) is 0 Å². The normalized spacial score (nSPS) is 10.2. The number of amides is 1. The van der Waals surface area contributed by atoms with Crippen molar-refractivity contribution in [2.75, 3.05) is 5.32 Å². The van der Waals surface area contributed by atoms with Gasteiger partial charge in [-0.25, -0.2) is 0 Å². The fourth-order valence-corrected chi connectivity index (χ4v) is 2.16. The van der Waals surface area contributed by atoms with Gasteiger partial charge in [0.05, 0.1) is 5.69 Å². The van der Waals surface area contributed by atoms with Crippen molar-refractivity contribution in [3.8, 4) is 0 Å². The lowest BCUT2D eigenvalue weighted by atomic mass is 10.1. The summed E-state index contributed by atoms with van der Waals surface area (Å²) in [6.07, 6.45) is 0. The molecule has 0 radical (unpaired) electrons. The number of nitrogens with one attached hydrogen (secondary N) is 1. The first-order valence-corrected chi connectivity index (χ1v) is 6.79. The zero-order chi connectivity index (χ0) is 13.1. The van der Waals surface area contributed by atoms with E-state index in [-0.39, 0.29) is 5.91 Å². The standard InChI is InChI=1S/C15H14INO/c1-10-7-8-12(9-11(10)2)15(18)17-14-6-4-3-5-13(14)16/h3-9H,1-2H3,(H,17,18). The summed E-state index contributed by atoms with van der Waals surface area (Å²) in [6.45, 7) is 4.05. The van der Waals surface area contributed by atoms with Crippen LogP contribution < -0.4 is 5.32 Å². The predicted molar refractivity (Wildman–Crippen MR) is 83.0 cm³/mol. The Balaban J connectivity index is 2.22. The molecule has 2 nitrogen and oxygen atoms in total. The molecule has 1 amide bonds. The van der Waals surface area contributed by atoms with E-state index in [1.807, 2.05) is 56.3 Å². The summed E-state index contributed by atoms with van der Waals surface area (Å²) in [4.78, 5) is 12.1. The van der Waals surface area contributed by atoms with Crippen LogP contribution >= 0.6 is 22.6 Å². The fourth-order valence-electron chi connectivity index (χ4n) is 1.64. The molecule has 2 rings (SSSR count). The molecule has 0 fully saturated rings. The van der Waals surface area contributed by atoms with E-state index >= 15 is 0 Å². The highest BCUT2D eigenvalue weighted by Crippen LogP contribution is 2.18. The number of halogens is 1. The quantitative estimate of drug-likeness (QED) is 0.809. The van der Waals surface area contributed by atoms with Crippen molar-refractivity contribution in [3.63, 3.8) is 0 Å². The third-order valence-corrected chi connectivity index (χ3v) is 3.83. The second kappa shape index (κ2) is 5.52. The van der Waals surface area contributed by atoms with Crippen LogP contribution in [0.25, 0.3) is 0 Å². The van der Waals surface area contributed by atoms with Gasteiger partial charge in [0.2, 0.25) is 0 Å². The summed E-state index contributed by atoms with van der Waals surface area (Å²) >= 11 is 2.21. The summed E-state index contributed by atoms with van der Waals surface area (Å²) in [5.41, 5.74) is 3.87. The molecule has 0 unspecified atom stereocenters. The van der Waals surface area contributed by atoms with E-state index < -0.39 is 0 Å². The molecule has 0 heterocycles. The monoisotopic (exact) mass is 351 g/mol. The van der Waals surface area contributed by atoms with Crippen LogP contribution in [0, 0.1) is 17.4 Å². The van der Waals surface area contributed by atoms with Gasteiger partial charge in [-0.3, -0.25) is 4.79 Å². The molecule has 0 aliphatic rings. The maximum absolute atomic E-state index is 12.1. The van der Waals surface area contributed by atoms with Gasteiger partial charge < -0.3 is 5.32 Å². The molecule has 3 heteroatoms. The largest absolute Gasteiger partial charge is 0.321 e. The summed E-state index contributed by atoms with van der Waals surface area (Å²) < 4.78 is 1.03. The second-order valence-electron chi connectivity index (χ2n) is 4.23. The molecular weight excluding hydrogens is 337 g/mol. The number of anilines is 1. The number of hydrogen-bond donors (Lipinski definition) is 1. The number of aryl methyl sites for hydroxylation is 2. The topological polar surface area (TPSA) is 29.1 Å². The lowest BCUT2D eigenvalue weighted by molar-refractivity contribution is 0.102. The molecule has 0 aliphatic carbocycles. The van der Waals surface area contributed by atoms with Crippen molar-refractivity contribution in [1.82, 2.24) is 0 Å². The van der Waals surface area contributed by atoms with Crippen molar-refractivity contribution >= 4 is 34.2 Å². The zero-order valence-corrected chi connectivity index (χ0v) is 12.5. The maximum Gasteiger partial charge on any atom is 0.255 e. The summed E-state index contributed by atoms with van der Waals surface area (Å²) in [6, 6.07) is 13.5. The van der Waals surface area contributed by atoms with E-state index in [2.05, 4.69) is 27.9 Å². The summed E-state index contributed by atoms with van der Waals surface area (Å²) in [5, 5.41) is 2.93. The highest BCUT2D eigenvalue weighted by atomic mass is 127. The van der Waals surface area contributed by atoms with Crippen molar-refractivity contribution in [2.24, 2.45) is 0 Å². The fraction of sp³-hybridized carbons (Fsp3) is 0.133. The molecule has 0 bridgehead atoms. The van der Waals surface area contributed by atoms with Crippen LogP contribution in [-0.4, -0.2) is 5.91 Å². The Kier molecular flexibility index (Phi) is 4.01. The Morgan fingerprint density at radius 1 is 1.06 bits per heavy atom. The van der Waals surface area contributed by atoms with E-state index in [4.69, 9.17) is 0 Å². The average molecular weight is 351 g/mol. The van der Waals surface area contributed by atoms with Gasteiger partial charge in [-0.1, -0.05) is 18.2 Å². The van der Waals surface area contributed by atoms with Gasteiger partial charge in [0, 0.05) is 9.13 Å². The lowest BCUT2D eigenvalue weighted by Crippen LogP contribution is -2.13. The Bertz CT molecular complexity index is 593. The smallest absolute Gasteiger partial charge is 0.255 e. The molecule has 1 N–H and O–H groups in total. The number of rotatable bonds is 2. The Morgan fingerprint density at radius 2 is 1.78 bits per heavy atom. The first-order chi connectivity index (χ1) is 8.58. The van der Waals surface area contributed by atoms with Crippen molar-refractivity contribution in [1.29, 1.82) is 0 Å². The molecule has 0 aromatic heterocycles. The minimum atomic E-state index is -0.0674. The van der Waals surface area contributed by atoms with Crippen molar-refractivity contribution in [3.05, 3.63) is 62.7 Å². The van der Waals surface area contributed by atoms with Crippen molar-refractivity contribution in [2.45, 2.75) is 13.8 Å². The Morgan fingerprint density at radius 3 is 2.44 bits per heavy atom. The van der Waals surface area contributed by atoms with Crippen LogP contribution in [-0.2, 0) is 0 Å².